The molecule has 5 heteroatoms. The summed E-state index contributed by atoms with van der Waals surface area (Å²) in [5.74, 6) is 0.167. The zero-order valence-electron chi connectivity index (χ0n) is 12.3. The third-order valence-corrected chi connectivity index (χ3v) is 4.76. The van der Waals surface area contributed by atoms with Crippen LogP contribution in [0.2, 0.25) is 0 Å². The Balaban J connectivity index is 2.53. The zero-order chi connectivity index (χ0) is 14.5. The molecule has 0 aliphatic heterocycles. The molecule has 1 aromatic rings. The maximum absolute atomic E-state index is 12.1. The normalized spacial score (nSPS) is 12.3. The van der Waals surface area contributed by atoms with Gasteiger partial charge in [-0.1, -0.05) is 17.7 Å². The molecule has 0 radical (unpaired) electrons. The van der Waals surface area contributed by atoms with Crippen LogP contribution in [0.15, 0.2) is 29.2 Å². The summed E-state index contributed by atoms with van der Waals surface area (Å²) in [6.45, 7) is 4.31. The first-order valence-electron chi connectivity index (χ1n) is 6.44. The van der Waals surface area contributed by atoms with Crippen molar-refractivity contribution in [2.45, 2.75) is 11.8 Å². The smallest absolute Gasteiger partial charge is 0.179 e. The summed E-state index contributed by atoms with van der Waals surface area (Å²) in [5.41, 5.74) is 1.07. The first-order valence-corrected chi connectivity index (χ1v) is 8.09. The maximum atomic E-state index is 12.1. The summed E-state index contributed by atoms with van der Waals surface area (Å²) in [7, 11) is 2.81. The van der Waals surface area contributed by atoms with Gasteiger partial charge in [0.15, 0.2) is 9.84 Å². The average molecular weight is 284 g/mol. The van der Waals surface area contributed by atoms with Gasteiger partial charge in [0.05, 0.1) is 10.6 Å². The third-order valence-electron chi connectivity index (χ3n) is 3.05. The predicted molar refractivity (Wildman–Crippen MR) is 79.3 cm³/mol. The standard InChI is InChI=1S/C14H24N2O2S/c1-13-5-7-14(8-6-13)19(17,18)12-11-16(4)10-9-15(2)3/h5-8H,9-12H2,1-4H3. The molecule has 0 spiro atoms. The van der Waals surface area contributed by atoms with Crippen LogP contribution >= 0.6 is 0 Å². The molecule has 0 saturated heterocycles. The van der Waals surface area contributed by atoms with Crippen LogP contribution in [-0.4, -0.2) is 64.7 Å². The van der Waals surface area contributed by atoms with Crippen LogP contribution < -0.4 is 0 Å². The van der Waals surface area contributed by atoms with Gasteiger partial charge in [0.2, 0.25) is 0 Å². The number of likely N-dealkylation sites (N-methyl/N-ethyl adjacent to an activating group) is 2. The van der Waals surface area contributed by atoms with E-state index in [1.54, 1.807) is 12.1 Å². The lowest BCUT2D eigenvalue weighted by atomic mass is 10.2. The van der Waals surface area contributed by atoms with Crippen molar-refractivity contribution in [3.05, 3.63) is 29.8 Å². The molecular formula is C14H24N2O2S. The monoisotopic (exact) mass is 284 g/mol. The lowest BCUT2D eigenvalue weighted by Crippen LogP contribution is -2.32. The van der Waals surface area contributed by atoms with E-state index < -0.39 is 9.84 Å². The van der Waals surface area contributed by atoms with E-state index in [0.29, 0.717) is 11.4 Å². The van der Waals surface area contributed by atoms with Crippen LogP contribution in [0, 0.1) is 6.92 Å². The zero-order valence-corrected chi connectivity index (χ0v) is 13.1. The maximum Gasteiger partial charge on any atom is 0.179 e. The van der Waals surface area contributed by atoms with Crippen LogP contribution in [0.4, 0.5) is 0 Å². The van der Waals surface area contributed by atoms with Gasteiger partial charge in [-0.05, 0) is 40.2 Å². The summed E-state index contributed by atoms with van der Waals surface area (Å²) in [6, 6.07) is 7.04. The van der Waals surface area contributed by atoms with Crippen molar-refractivity contribution >= 4 is 9.84 Å². The van der Waals surface area contributed by atoms with E-state index >= 15 is 0 Å². The highest BCUT2D eigenvalue weighted by molar-refractivity contribution is 7.91. The second kappa shape index (κ2) is 7.03. The molecule has 19 heavy (non-hydrogen) atoms. The average Bonchev–Trinajstić information content (AvgIpc) is 2.34. The fraction of sp³-hybridized carbons (Fsp3) is 0.571. The Hall–Kier alpha value is -0.910. The van der Waals surface area contributed by atoms with Crippen LogP contribution in [0.5, 0.6) is 0 Å². The van der Waals surface area contributed by atoms with Crippen LogP contribution in [0.25, 0.3) is 0 Å². The first kappa shape index (κ1) is 16.1. The fourth-order valence-electron chi connectivity index (χ4n) is 1.62. The van der Waals surface area contributed by atoms with Gasteiger partial charge >= 0.3 is 0 Å². The molecule has 0 bridgehead atoms. The van der Waals surface area contributed by atoms with Gasteiger partial charge < -0.3 is 9.80 Å². The Morgan fingerprint density at radius 1 is 0.947 bits per heavy atom. The van der Waals surface area contributed by atoms with E-state index in [-0.39, 0.29) is 5.75 Å². The molecule has 0 aliphatic carbocycles. The lowest BCUT2D eigenvalue weighted by molar-refractivity contribution is 0.293. The summed E-state index contributed by atoms with van der Waals surface area (Å²) >= 11 is 0. The highest BCUT2D eigenvalue weighted by Gasteiger charge is 2.14. The second-order valence-corrected chi connectivity index (χ2v) is 7.35. The van der Waals surface area contributed by atoms with Crippen molar-refractivity contribution in [2.24, 2.45) is 0 Å². The summed E-state index contributed by atoms with van der Waals surface area (Å²) in [4.78, 5) is 4.55. The van der Waals surface area contributed by atoms with Crippen LogP contribution in [0.1, 0.15) is 5.56 Å². The Labute approximate surface area is 116 Å². The number of sulfone groups is 1. The Bertz CT molecular complexity index is 481. The highest BCUT2D eigenvalue weighted by atomic mass is 32.2. The van der Waals surface area contributed by atoms with E-state index in [0.717, 1.165) is 18.7 Å². The number of hydrogen-bond acceptors (Lipinski definition) is 4. The fourth-order valence-corrected chi connectivity index (χ4v) is 2.96. The van der Waals surface area contributed by atoms with Crippen molar-refractivity contribution in [1.82, 2.24) is 9.80 Å². The Morgan fingerprint density at radius 3 is 2.05 bits per heavy atom. The first-order chi connectivity index (χ1) is 8.81. The quantitative estimate of drug-likeness (QED) is 0.756. The van der Waals surface area contributed by atoms with Crippen LogP contribution in [-0.2, 0) is 9.84 Å². The largest absolute Gasteiger partial charge is 0.308 e. The molecule has 0 aromatic heterocycles. The Kier molecular flexibility index (Phi) is 5.97. The van der Waals surface area contributed by atoms with E-state index in [1.807, 2.05) is 45.1 Å². The molecule has 0 N–H and O–H groups in total. The van der Waals surface area contributed by atoms with Crippen molar-refractivity contribution in [1.29, 1.82) is 0 Å². The molecule has 0 unspecified atom stereocenters. The minimum atomic E-state index is -3.17. The molecule has 0 fully saturated rings. The molecule has 0 aliphatic rings. The minimum absolute atomic E-state index is 0.167. The minimum Gasteiger partial charge on any atom is -0.308 e. The second-order valence-electron chi connectivity index (χ2n) is 5.24. The van der Waals surface area contributed by atoms with Gasteiger partial charge in [-0.15, -0.1) is 0 Å². The summed E-state index contributed by atoms with van der Waals surface area (Å²) in [6.07, 6.45) is 0. The van der Waals surface area contributed by atoms with E-state index in [4.69, 9.17) is 0 Å². The summed E-state index contributed by atoms with van der Waals surface area (Å²) in [5, 5.41) is 0. The number of benzene rings is 1. The molecule has 1 aromatic carbocycles. The molecule has 0 amide bonds. The van der Waals surface area contributed by atoms with Gasteiger partial charge in [0.25, 0.3) is 0 Å². The van der Waals surface area contributed by atoms with Crippen LogP contribution in [0.3, 0.4) is 0 Å². The van der Waals surface area contributed by atoms with Crippen molar-refractivity contribution in [3.63, 3.8) is 0 Å². The van der Waals surface area contributed by atoms with Crippen molar-refractivity contribution < 1.29 is 8.42 Å². The van der Waals surface area contributed by atoms with Crippen molar-refractivity contribution in [2.75, 3.05) is 46.5 Å². The SMILES string of the molecule is Cc1ccc(S(=O)(=O)CCN(C)CCN(C)C)cc1. The molecule has 108 valence electrons. The highest BCUT2D eigenvalue weighted by Crippen LogP contribution is 2.12. The molecule has 0 saturated carbocycles. The number of nitrogens with zero attached hydrogens (tertiary/aromatic N) is 2. The molecule has 4 nitrogen and oxygen atoms in total. The number of aryl methyl sites for hydroxylation is 1. The van der Waals surface area contributed by atoms with Gasteiger partial charge in [0.1, 0.15) is 0 Å². The lowest BCUT2D eigenvalue weighted by Gasteiger charge is -2.19. The number of rotatable bonds is 7. The van der Waals surface area contributed by atoms with E-state index in [9.17, 15) is 8.42 Å². The predicted octanol–water partition coefficient (Wildman–Crippen LogP) is 1.26. The van der Waals surface area contributed by atoms with Crippen molar-refractivity contribution in [3.8, 4) is 0 Å². The summed E-state index contributed by atoms with van der Waals surface area (Å²) < 4.78 is 24.3. The van der Waals surface area contributed by atoms with E-state index in [2.05, 4.69) is 4.90 Å². The van der Waals surface area contributed by atoms with E-state index in [1.165, 1.54) is 0 Å². The molecule has 1 rings (SSSR count). The number of hydrogen-bond donors (Lipinski definition) is 0. The third kappa shape index (κ3) is 5.72. The van der Waals surface area contributed by atoms with Gasteiger partial charge in [-0.2, -0.15) is 0 Å². The molecule has 0 atom stereocenters. The topological polar surface area (TPSA) is 40.6 Å². The molecular weight excluding hydrogens is 260 g/mol. The van der Waals surface area contributed by atoms with Gasteiger partial charge in [0, 0.05) is 19.6 Å². The Morgan fingerprint density at radius 2 is 1.53 bits per heavy atom. The van der Waals surface area contributed by atoms with Gasteiger partial charge in [-0.25, -0.2) is 8.42 Å². The van der Waals surface area contributed by atoms with Gasteiger partial charge in [-0.3, -0.25) is 0 Å². The molecule has 0 heterocycles.